The molecule has 29 heavy (non-hydrogen) atoms. The van der Waals surface area contributed by atoms with Gasteiger partial charge in [-0.1, -0.05) is 43.5 Å². The van der Waals surface area contributed by atoms with E-state index in [1.807, 2.05) is 37.3 Å². The quantitative estimate of drug-likeness (QED) is 0.569. The van der Waals surface area contributed by atoms with Gasteiger partial charge in [-0.05, 0) is 74.2 Å². The standard InChI is InChI=1S/C24H28N2O2S/c1-16-9-7-8-10-19(16)15-25-23(27)22(29-24(25)28)14-20-13-17(2)26(18(20)3)21-11-5-4-6-12-21/h7-10,13-14,21H,4-6,11-12,15H2,1-3H3/b22-14-. The van der Waals surface area contributed by atoms with Crippen molar-refractivity contribution in [2.24, 2.45) is 0 Å². The molecule has 2 aromatic rings. The van der Waals surface area contributed by atoms with Crippen molar-refractivity contribution in [3.63, 3.8) is 0 Å². The van der Waals surface area contributed by atoms with E-state index in [2.05, 4.69) is 24.5 Å². The molecule has 2 fully saturated rings. The highest BCUT2D eigenvalue weighted by Crippen LogP contribution is 2.36. The molecule has 152 valence electrons. The fourth-order valence-electron chi connectivity index (χ4n) is 4.59. The monoisotopic (exact) mass is 408 g/mol. The first-order valence-corrected chi connectivity index (χ1v) is 11.3. The minimum atomic E-state index is -0.189. The molecule has 1 aromatic heterocycles. The summed E-state index contributed by atoms with van der Waals surface area (Å²) in [6.07, 6.45) is 8.26. The van der Waals surface area contributed by atoms with Crippen LogP contribution in [0.2, 0.25) is 0 Å². The van der Waals surface area contributed by atoms with Gasteiger partial charge in [-0.15, -0.1) is 0 Å². The number of hydrogen-bond acceptors (Lipinski definition) is 3. The van der Waals surface area contributed by atoms with Gasteiger partial charge in [0.2, 0.25) is 0 Å². The first-order chi connectivity index (χ1) is 14.0. The molecule has 1 aliphatic carbocycles. The van der Waals surface area contributed by atoms with E-state index in [4.69, 9.17) is 0 Å². The Kier molecular flexibility index (Phi) is 5.68. The summed E-state index contributed by atoms with van der Waals surface area (Å²) in [4.78, 5) is 27.4. The van der Waals surface area contributed by atoms with Crippen molar-refractivity contribution < 1.29 is 9.59 Å². The first kappa shape index (κ1) is 20.0. The highest BCUT2D eigenvalue weighted by atomic mass is 32.2. The van der Waals surface area contributed by atoms with Crippen molar-refractivity contribution in [3.8, 4) is 0 Å². The van der Waals surface area contributed by atoms with Gasteiger partial charge in [0.15, 0.2) is 0 Å². The van der Waals surface area contributed by atoms with E-state index in [0.717, 1.165) is 28.5 Å². The van der Waals surface area contributed by atoms with Crippen LogP contribution in [0.5, 0.6) is 0 Å². The minimum Gasteiger partial charge on any atom is -0.346 e. The molecule has 1 saturated carbocycles. The Hall–Kier alpha value is -2.27. The van der Waals surface area contributed by atoms with Gasteiger partial charge in [0.05, 0.1) is 11.4 Å². The smallest absolute Gasteiger partial charge is 0.293 e. The predicted molar refractivity (Wildman–Crippen MR) is 119 cm³/mol. The molecule has 0 atom stereocenters. The summed E-state index contributed by atoms with van der Waals surface area (Å²) in [5.74, 6) is -0.189. The Morgan fingerprint density at radius 1 is 1.07 bits per heavy atom. The molecular formula is C24H28N2O2S. The maximum absolute atomic E-state index is 12.9. The summed E-state index contributed by atoms with van der Waals surface area (Å²) in [7, 11) is 0. The number of hydrogen-bond donors (Lipinski definition) is 0. The number of thioether (sulfide) groups is 1. The van der Waals surface area contributed by atoms with Crippen molar-refractivity contribution in [2.45, 2.75) is 65.5 Å². The Bertz CT molecular complexity index is 983. The fourth-order valence-corrected chi connectivity index (χ4v) is 5.41. The Morgan fingerprint density at radius 2 is 1.79 bits per heavy atom. The van der Waals surface area contributed by atoms with Crippen molar-refractivity contribution in [3.05, 3.63) is 63.3 Å². The number of imide groups is 1. The Balaban J connectivity index is 1.58. The zero-order valence-electron chi connectivity index (χ0n) is 17.4. The van der Waals surface area contributed by atoms with Crippen LogP contribution in [0.15, 0.2) is 35.2 Å². The van der Waals surface area contributed by atoms with E-state index in [9.17, 15) is 9.59 Å². The normalized spacial score (nSPS) is 19.6. The van der Waals surface area contributed by atoms with Crippen LogP contribution >= 0.6 is 11.8 Å². The number of carbonyl (C=O) groups is 2. The Labute approximate surface area is 177 Å². The van der Waals surface area contributed by atoms with Crippen LogP contribution in [0.4, 0.5) is 4.79 Å². The summed E-state index contributed by atoms with van der Waals surface area (Å²) in [5, 5.41) is -0.189. The molecule has 0 radical (unpaired) electrons. The molecule has 0 N–H and O–H groups in total. The topological polar surface area (TPSA) is 42.3 Å². The third kappa shape index (κ3) is 3.93. The van der Waals surface area contributed by atoms with Crippen molar-refractivity contribution >= 4 is 29.0 Å². The van der Waals surface area contributed by atoms with Gasteiger partial charge in [-0.2, -0.15) is 0 Å². The van der Waals surface area contributed by atoms with E-state index in [-0.39, 0.29) is 11.1 Å². The van der Waals surface area contributed by atoms with Gasteiger partial charge >= 0.3 is 0 Å². The lowest BCUT2D eigenvalue weighted by Crippen LogP contribution is -2.27. The molecule has 1 aliphatic heterocycles. The number of nitrogens with zero attached hydrogens (tertiary/aromatic N) is 2. The summed E-state index contributed by atoms with van der Waals surface area (Å²) >= 11 is 1.05. The van der Waals surface area contributed by atoms with Crippen LogP contribution in [0.1, 0.15) is 66.2 Å². The van der Waals surface area contributed by atoms with E-state index in [1.165, 1.54) is 48.4 Å². The number of aromatic nitrogens is 1. The number of amides is 2. The van der Waals surface area contributed by atoms with Gasteiger partial charge in [-0.3, -0.25) is 14.5 Å². The SMILES string of the molecule is Cc1ccccc1CN1C(=O)S/C(=C\c2cc(C)n(C3CCCCC3)c2C)C1=O. The number of benzene rings is 1. The van der Waals surface area contributed by atoms with E-state index in [1.54, 1.807) is 0 Å². The minimum absolute atomic E-state index is 0.189. The van der Waals surface area contributed by atoms with Crippen LogP contribution < -0.4 is 0 Å². The summed E-state index contributed by atoms with van der Waals surface area (Å²) in [6.45, 7) is 6.61. The van der Waals surface area contributed by atoms with Gasteiger partial charge in [0, 0.05) is 17.4 Å². The second-order valence-electron chi connectivity index (χ2n) is 8.18. The molecule has 0 unspecified atom stereocenters. The largest absolute Gasteiger partial charge is 0.346 e. The van der Waals surface area contributed by atoms with Crippen molar-refractivity contribution in [1.82, 2.24) is 9.47 Å². The fraction of sp³-hybridized carbons (Fsp3) is 0.417. The van der Waals surface area contributed by atoms with E-state index >= 15 is 0 Å². The molecule has 1 saturated heterocycles. The predicted octanol–water partition coefficient (Wildman–Crippen LogP) is 6.16. The van der Waals surface area contributed by atoms with Crippen molar-refractivity contribution in [1.29, 1.82) is 0 Å². The number of rotatable bonds is 4. The van der Waals surface area contributed by atoms with Crippen LogP contribution in [0.25, 0.3) is 6.08 Å². The molecule has 4 rings (SSSR count). The second kappa shape index (κ2) is 8.23. The molecular weight excluding hydrogens is 380 g/mol. The number of aryl methyl sites for hydroxylation is 2. The third-order valence-electron chi connectivity index (χ3n) is 6.21. The molecule has 1 aromatic carbocycles. The Morgan fingerprint density at radius 3 is 2.52 bits per heavy atom. The molecule has 2 amide bonds. The molecule has 5 heteroatoms. The number of carbonyl (C=O) groups excluding carboxylic acids is 2. The highest BCUT2D eigenvalue weighted by molar-refractivity contribution is 8.18. The molecule has 2 heterocycles. The first-order valence-electron chi connectivity index (χ1n) is 10.4. The zero-order valence-corrected chi connectivity index (χ0v) is 18.2. The van der Waals surface area contributed by atoms with Crippen LogP contribution in [-0.4, -0.2) is 20.6 Å². The van der Waals surface area contributed by atoms with Gasteiger partial charge < -0.3 is 4.57 Å². The summed E-state index contributed by atoms with van der Waals surface area (Å²) in [6, 6.07) is 10.6. The lowest BCUT2D eigenvalue weighted by molar-refractivity contribution is -0.123. The zero-order chi connectivity index (χ0) is 20.5. The maximum atomic E-state index is 12.9. The second-order valence-corrected chi connectivity index (χ2v) is 9.18. The van der Waals surface area contributed by atoms with E-state index < -0.39 is 0 Å². The van der Waals surface area contributed by atoms with Gasteiger partial charge in [-0.25, -0.2) is 0 Å². The van der Waals surface area contributed by atoms with Gasteiger partial charge in [0.25, 0.3) is 11.1 Å². The maximum Gasteiger partial charge on any atom is 0.293 e. The third-order valence-corrected chi connectivity index (χ3v) is 7.12. The molecule has 2 aliphatic rings. The van der Waals surface area contributed by atoms with Crippen LogP contribution in [0, 0.1) is 20.8 Å². The lowest BCUT2D eigenvalue weighted by Gasteiger charge is -2.26. The lowest BCUT2D eigenvalue weighted by atomic mass is 9.95. The summed E-state index contributed by atoms with van der Waals surface area (Å²) < 4.78 is 2.43. The average molecular weight is 409 g/mol. The highest BCUT2D eigenvalue weighted by Gasteiger charge is 2.35. The molecule has 0 bridgehead atoms. The van der Waals surface area contributed by atoms with Crippen LogP contribution in [-0.2, 0) is 11.3 Å². The van der Waals surface area contributed by atoms with Crippen LogP contribution in [0.3, 0.4) is 0 Å². The van der Waals surface area contributed by atoms with Crippen molar-refractivity contribution in [2.75, 3.05) is 0 Å². The molecule has 4 nitrogen and oxygen atoms in total. The summed E-state index contributed by atoms with van der Waals surface area (Å²) in [5.41, 5.74) is 5.58. The van der Waals surface area contributed by atoms with Gasteiger partial charge in [0.1, 0.15) is 0 Å². The van der Waals surface area contributed by atoms with E-state index in [0.29, 0.717) is 17.5 Å². The average Bonchev–Trinajstić information content (AvgIpc) is 3.13. The molecule has 0 spiro atoms.